The van der Waals surface area contributed by atoms with Crippen LogP contribution in [0.1, 0.15) is 65.2 Å². The molecule has 0 amide bonds. The Bertz CT molecular complexity index is 348. The number of ether oxygens (including phenoxy) is 2. The zero-order chi connectivity index (χ0) is 17.9. The molecular weight excluding hydrogens is 312 g/mol. The molecule has 0 radical (unpaired) electrons. The molecule has 2 saturated carbocycles. The highest BCUT2D eigenvalue weighted by atomic mass is 16.5. The van der Waals surface area contributed by atoms with Crippen LogP contribution in [0.2, 0.25) is 0 Å². The quantitative estimate of drug-likeness (QED) is 0.760. The highest BCUT2D eigenvalue weighted by Gasteiger charge is 2.27. The second kappa shape index (κ2) is 11.4. The predicted octanol–water partition coefficient (Wildman–Crippen LogP) is 2.20. The summed E-state index contributed by atoms with van der Waals surface area (Å²) in [7, 11) is 0. The van der Waals surface area contributed by atoms with Crippen molar-refractivity contribution in [2.24, 2.45) is 11.8 Å². The van der Waals surface area contributed by atoms with Crippen molar-refractivity contribution >= 4 is 11.9 Å². The highest BCUT2D eigenvalue weighted by molar-refractivity contribution is 5.72. The van der Waals surface area contributed by atoms with E-state index in [-0.39, 0.29) is 36.0 Å². The lowest BCUT2D eigenvalue weighted by molar-refractivity contribution is -0.151. The molecule has 0 saturated heterocycles. The van der Waals surface area contributed by atoms with Crippen molar-refractivity contribution < 1.29 is 29.3 Å². The van der Waals surface area contributed by atoms with E-state index in [1.807, 2.05) is 0 Å². The molecule has 0 aromatic carbocycles. The normalized spacial score (nSPS) is 29.8. The molecule has 2 fully saturated rings. The van der Waals surface area contributed by atoms with Gasteiger partial charge in [0.2, 0.25) is 0 Å². The average molecular weight is 344 g/mol. The Kier molecular flexibility index (Phi) is 9.95. The second-order valence-electron chi connectivity index (χ2n) is 6.54. The standard InChI is InChI=1S/2C9H16O3/c2*1-2-12-9(11)7-4-3-5-8(10)6-7/h2*7-8,10H,2-6H2,1H3/t2*7-,8+/m10/s1. The molecule has 24 heavy (non-hydrogen) atoms. The Morgan fingerprint density at radius 2 is 1.17 bits per heavy atom. The minimum Gasteiger partial charge on any atom is -0.466 e. The Labute approximate surface area is 144 Å². The summed E-state index contributed by atoms with van der Waals surface area (Å²) in [6, 6.07) is 0. The number of esters is 2. The third kappa shape index (κ3) is 7.62. The monoisotopic (exact) mass is 344 g/mol. The topological polar surface area (TPSA) is 93.1 Å². The van der Waals surface area contributed by atoms with Crippen molar-refractivity contribution in [2.75, 3.05) is 13.2 Å². The van der Waals surface area contributed by atoms with E-state index in [0.717, 1.165) is 38.5 Å². The molecule has 140 valence electrons. The molecule has 2 aliphatic rings. The van der Waals surface area contributed by atoms with E-state index in [9.17, 15) is 19.8 Å². The Hall–Kier alpha value is -1.14. The van der Waals surface area contributed by atoms with Crippen molar-refractivity contribution in [2.45, 2.75) is 77.4 Å². The van der Waals surface area contributed by atoms with Gasteiger partial charge in [0, 0.05) is 0 Å². The maximum atomic E-state index is 11.2. The first-order valence-electron chi connectivity index (χ1n) is 9.17. The molecule has 0 aromatic rings. The van der Waals surface area contributed by atoms with Gasteiger partial charge in [-0.1, -0.05) is 12.8 Å². The molecule has 6 heteroatoms. The third-order valence-electron chi connectivity index (χ3n) is 4.53. The van der Waals surface area contributed by atoms with E-state index >= 15 is 0 Å². The van der Waals surface area contributed by atoms with Gasteiger partial charge in [0.1, 0.15) is 0 Å². The van der Waals surface area contributed by atoms with Crippen molar-refractivity contribution in [3.63, 3.8) is 0 Å². The first-order valence-corrected chi connectivity index (χ1v) is 9.17. The lowest BCUT2D eigenvalue weighted by atomic mass is 9.87. The molecule has 0 spiro atoms. The molecule has 0 unspecified atom stereocenters. The Morgan fingerprint density at radius 3 is 1.46 bits per heavy atom. The number of rotatable bonds is 4. The summed E-state index contributed by atoms with van der Waals surface area (Å²) in [6.45, 7) is 4.48. The van der Waals surface area contributed by atoms with Gasteiger partial charge in [0.05, 0.1) is 37.3 Å². The van der Waals surface area contributed by atoms with Crippen molar-refractivity contribution in [3.8, 4) is 0 Å². The van der Waals surface area contributed by atoms with Crippen LogP contribution in [0.25, 0.3) is 0 Å². The number of carbonyl (C=O) groups excluding carboxylic acids is 2. The molecule has 6 nitrogen and oxygen atoms in total. The van der Waals surface area contributed by atoms with Crippen LogP contribution in [0.3, 0.4) is 0 Å². The van der Waals surface area contributed by atoms with E-state index in [4.69, 9.17) is 9.47 Å². The van der Waals surface area contributed by atoms with E-state index in [0.29, 0.717) is 26.1 Å². The van der Waals surface area contributed by atoms with Gasteiger partial charge in [0.25, 0.3) is 0 Å². The lowest BCUT2D eigenvalue weighted by Gasteiger charge is -2.23. The molecule has 0 aliphatic heterocycles. The van der Waals surface area contributed by atoms with Gasteiger partial charge >= 0.3 is 11.9 Å². The number of carbonyl (C=O) groups is 2. The van der Waals surface area contributed by atoms with Crippen molar-refractivity contribution in [3.05, 3.63) is 0 Å². The van der Waals surface area contributed by atoms with E-state index in [1.54, 1.807) is 13.8 Å². The summed E-state index contributed by atoms with van der Waals surface area (Å²) in [6.07, 6.45) is 5.84. The second-order valence-corrected chi connectivity index (χ2v) is 6.54. The summed E-state index contributed by atoms with van der Waals surface area (Å²) >= 11 is 0. The first kappa shape index (κ1) is 20.9. The molecule has 0 heterocycles. The minimum atomic E-state index is -0.298. The van der Waals surface area contributed by atoms with Gasteiger partial charge in [-0.05, 0) is 52.4 Å². The molecule has 0 aromatic heterocycles. The maximum Gasteiger partial charge on any atom is 0.309 e. The molecule has 4 atom stereocenters. The van der Waals surface area contributed by atoms with Gasteiger partial charge in [0.15, 0.2) is 0 Å². The van der Waals surface area contributed by atoms with Gasteiger partial charge in [-0.15, -0.1) is 0 Å². The molecule has 2 N–H and O–H groups in total. The fourth-order valence-electron chi connectivity index (χ4n) is 3.28. The molecular formula is C18H32O6. The average Bonchev–Trinajstić information content (AvgIpc) is 2.56. The van der Waals surface area contributed by atoms with Gasteiger partial charge in [-0.2, -0.15) is 0 Å². The zero-order valence-electron chi connectivity index (χ0n) is 14.9. The zero-order valence-corrected chi connectivity index (χ0v) is 14.9. The number of hydrogen-bond donors (Lipinski definition) is 2. The Balaban J connectivity index is 0.000000240. The SMILES string of the molecule is CCOC(=O)[C@@H]1CCC[C@H](O)C1.CCOC(=O)[C@H]1CCC[C@@H](O)C1. The smallest absolute Gasteiger partial charge is 0.309 e. The molecule has 0 bridgehead atoms. The maximum absolute atomic E-state index is 11.2. The fourth-order valence-corrected chi connectivity index (χ4v) is 3.28. The summed E-state index contributed by atoms with van der Waals surface area (Å²) < 4.78 is 9.76. The minimum absolute atomic E-state index is 0.0614. The highest BCUT2D eigenvalue weighted by Crippen LogP contribution is 2.25. The number of aliphatic hydroxyl groups excluding tert-OH is 2. The van der Waals surface area contributed by atoms with Gasteiger partial charge in [-0.3, -0.25) is 9.59 Å². The lowest BCUT2D eigenvalue weighted by Crippen LogP contribution is -2.27. The van der Waals surface area contributed by atoms with Crippen LogP contribution in [0, 0.1) is 11.8 Å². The third-order valence-corrected chi connectivity index (χ3v) is 4.53. The largest absolute Gasteiger partial charge is 0.466 e. The number of hydrogen-bond acceptors (Lipinski definition) is 6. The van der Waals surface area contributed by atoms with Gasteiger partial charge in [-0.25, -0.2) is 0 Å². The van der Waals surface area contributed by atoms with E-state index in [1.165, 1.54) is 0 Å². The Morgan fingerprint density at radius 1 is 0.792 bits per heavy atom. The fraction of sp³-hybridized carbons (Fsp3) is 0.889. The van der Waals surface area contributed by atoms with E-state index < -0.39 is 0 Å². The summed E-state index contributed by atoms with van der Waals surface area (Å²) in [5.74, 6) is -0.408. The van der Waals surface area contributed by atoms with E-state index in [2.05, 4.69) is 0 Å². The van der Waals surface area contributed by atoms with Crippen molar-refractivity contribution in [1.29, 1.82) is 0 Å². The summed E-state index contributed by atoms with van der Waals surface area (Å²) in [5, 5.41) is 18.6. The number of aliphatic hydroxyl groups is 2. The van der Waals surface area contributed by atoms with Crippen LogP contribution in [-0.4, -0.2) is 47.6 Å². The van der Waals surface area contributed by atoms with Crippen LogP contribution < -0.4 is 0 Å². The van der Waals surface area contributed by atoms with Crippen LogP contribution >= 0.6 is 0 Å². The van der Waals surface area contributed by atoms with Crippen LogP contribution in [-0.2, 0) is 19.1 Å². The van der Waals surface area contributed by atoms with Crippen LogP contribution in [0.5, 0.6) is 0 Å². The van der Waals surface area contributed by atoms with Crippen molar-refractivity contribution in [1.82, 2.24) is 0 Å². The van der Waals surface area contributed by atoms with Crippen LogP contribution in [0.15, 0.2) is 0 Å². The molecule has 2 aliphatic carbocycles. The summed E-state index contributed by atoms with van der Waals surface area (Å²) in [4.78, 5) is 22.4. The van der Waals surface area contributed by atoms with Crippen LogP contribution in [0.4, 0.5) is 0 Å². The molecule has 2 rings (SSSR count). The van der Waals surface area contributed by atoms with Gasteiger partial charge < -0.3 is 19.7 Å². The first-order chi connectivity index (χ1) is 11.5. The summed E-state index contributed by atoms with van der Waals surface area (Å²) in [5.41, 5.74) is 0. The predicted molar refractivity (Wildman–Crippen MR) is 89.2 cm³/mol.